The summed E-state index contributed by atoms with van der Waals surface area (Å²) in [5.74, 6) is 0.717. The molecule has 104 valence electrons. The number of hydrogen-bond acceptors (Lipinski definition) is 5. The monoisotopic (exact) mass is 263 g/mol. The van der Waals surface area contributed by atoms with E-state index in [0.717, 1.165) is 31.9 Å². The van der Waals surface area contributed by atoms with Crippen LogP contribution in [0.2, 0.25) is 0 Å². The Kier molecular flexibility index (Phi) is 4.68. The molecule has 1 aromatic heterocycles. The van der Waals surface area contributed by atoms with Crippen molar-refractivity contribution in [3.05, 3.63) is 18.5 Å². The zero-order valence-corrected chi connectivity index (χ0v) is 11.2. The molecule has 19 heavy (non-hydrogen) atoms. The van der Waals surface area contributed by atoms with E-state index >= 15 is 0 Å². The molecular weight excluding hydrogens is 242 g/mol. The summed E-state index contributed by atoms with van der Waals surface area (Å²) >= 11 is 0. The Morgan fingerprint density at radius 3 is 2.68 bits per heavy atom. The minimum atomic E-state index is -0.393. The molecule has 1 aliphatic rings. The molecule has 1 aromatic rings. The van der Waals surface area contributed by atoms with Crippen molar-refractivity contribution in [2.75, 3.05) is 18.0 Å². The Morgan fingerprint density at radius 2 is 2.11 bits per heavy atom. The van der Waals surface area contributed by atoms with E-state index in [0.29, 0.717) is 6.42 Å². The van der Waals surface area contributed by atoms with Gasteiger partial charge in [-0.1, -0.05) is 6.92 Å². The summed E-state index contributed by atoms with van der Waals surface area (Å²) in [7, 11) is 0. The number of nitrogens with zero attached hydrogens (tertiary/aromatic N) is 3. The fraction of sp³-hybridized carbons (Fsp3) is 0.615. The van der Waals surface area contributed by atoms with Crippen LogP contribution in [-0.2, 0) is 4.79 Å². The number of hydrogen-bond donors (Lipinski definition) is 2. The number of nitrogens with one attached hydrogen (secondary N) is 1. The maximum atomic E-state index is 11.7. The van der Waals surface area contributed by atoms with E-state index in [-0.39, 0.29) is 11.9 Å². The Bertz CT molecular complexity index is 403. The number of carbonyl (C=O) groups is 1. The fourth-order valence-corrected chi connectivity index (χ4v) is 2.17. The molecule has 6 nitrogen and oxygen atoms in total. The molecule has 1 aliphatic heterocycles. The van der Waals surface area contributed by atoms with Crippen molar-refractivity contribution < 1.29 is 4.79 Å². The number of anilines is 1. The highest BCUT2D eigenvalue weighted by Crippen LogP contribution is 2.15. The smallest absolute Gasteiger partial charge is 0.237 e. The van der Waals surface area contributed by atoms with Gasteiger partial charge in [-0.25, -0.2) is 9.97 Å². The third kappa shape index (κ3) is 3.64. The standard InChI is InChI=1S/C13H21N5O/c1-2-11(14)12(19)17-10-4-8-18(9-5-10)13-15-6-3-7-16-13/h3,6-7,10-11H,2,4-5,8-9,14H2,1H3,(H,17,19). The average Bonchev–Trinajstić information content (AvgIpc) is 2.48. The SMILES string of the molecule is CCC(N)C(=O)NC1CCN(c2ncccn2)CC1. The van der Waals surface area contributed by atoms with E-state index < -0.39 is 6.04 Å². The van der Waals surface area contributed by atoms with E-state index in [4.69, 9.17) is 5.73 Å². The van der Waals surface area contributed by atoms with Gasteiger partial charge in [-0.05, 0) is 25.3 Å². The minimum Gasteiger partial charge on any atom is -0.352 e. The average molecular weight is 263 g/mol. The van der Waals surface area contributed by atoms with Crippen molar-refractivity contribution >= 4 is 11.9 Å². The highest BCUT2D eigenvalue weighted by Gasteiger charge is 2.23. The van der Waals surface area contributed by atoms with Gasteiger partial charge in [-0.2, -0.15) is 0 Å². The summed E-state index contributed by atoms with van der Waals surface area (Å²) in [6.45, 7) is 3.63. The minimum absolute atomic E-state index is 0.0445. The normalized spacial score (nSPS) is 18.1. The van der Waals surface area contributed by atoms with E-state index in [2.05, 4.69) is 20.2 Å². The van der Waals surface area contributed by atoms with Gasteiger partial charge in [0.05, 0.1) is 6.04 Å². The quantitative estimate of drug-likeness (QED) is 0.816. The first kappa shape index (κ1) is 13.7. The Balaban J connectivity index is 1.81. The summed E-state index contributed by atoms with van der Waals surface area (Å²) in [4.78, 5) is 22.3. The van der Waals surface area contributed by atoms with E-state index in [1.165, 1.54) is 0 Å². The number of nitrogens with two attached hydrogens (primary N) is 1. The van der Waals surface area contributed by atoms with Crippen molar-refractivity contribution in [2.45, 2.75) is 38.3 Å². The van der Waals surface area contributed by atoms with Gasteiger partial charge in [0.25, 0.3) is 0 Å². The van der Waals surface area contributed by atoms with E-state index in [1.807, 2.05) is 13.0 Å². The van der Waals surface area contributed by atoms with Crippen molar-refractivity contribution in [3.63, 3.8) is 0 Å². The third-order valence-electron chi connectivity index (χ3n) is 3.45. The Hall–Kier alpha value is -1.69. The first-order valence-corrected chi connectivity index (χ1v) is 6.78. The van der Waals surface area contributed by atoms with Crippen LogP contribution in [0.25, 0.3) is 0 Å². The van der Waals surface area contributed by atoms with Gasteiger partial charge in [0.15, 0.2) is 0 Å². The zero-order valence-electron chi connectivity index (χ0n) is 11.2. The largest absolute Gasteiger partial charge is 0.352 e. The first-order chi connectivity index (χ1) is 9.20. The van der Waals surface area contributed by atoms with Crippen molar-refractivity contribution in [2.24, 2.45) is 5.73 Å². The lowest BCUT2D eigenvalue weighted by molar-refractivity contribution is -0.123. The Labute approximate surface area is 113 Å². The molecule has 0 spiro atoms. The predicted molar refractivity (Wildman–Crippen MR) is 73.7 cm³/mol. The summed E-state index contributed by atoms with van der Waals surface area (Å²) < 4.78 is 0. The summed E-state index contributed by atoms with van der Waals surface area (Å²) in [6.07, 6.45) is 5.97. The van der Waals surface area contributed by atoms with Gasteiger partial charge in [0.2, 0.25) is 11.9 Å². The molecule has 6 heteroatoms. The lowest BCUT2D eigenvalue weighted by atomic mass is 10.0. The van der Waals surface area contributed by atoms with E-state index in [9.17, 15) is 4.79 Å². The molecule has 0 saturated carbocycles. The summed E-state index contributed by atoms with van der Waals surface area (Å²) in [5.41, 5.74) is 5.71. The maximum absolute atomic E-state index is 11.7. The summed E-state index contributed by atoms with van der Waals surface area (Å²) in [6, 6.07) is 1.63. The van der Waals surface area contributed by atoms with Crippen LogP contribution in [0, 0.1) is 0 Å². The number of aromatic nitrogens is 2. The molecule has 2 rings (SSSR count). The van der Waals surface area contributed by atoms with Crippen molar-refractivity contribution in [1.82, 2.24) is 15.3 Å². The maximum Gasteiger partial charge on any atom is 0.237 e. The molecule has 0 bridgehead atoms. The number of amides is 1. The molecule has 1 unspecified atom stereocenters. The van der Waals surface area contributed by atoms with Crippen LogP contribution in [0.5, 0.6) is 0 Å². The molecular formula is C13H21N5O. The number of piperidine rings is 1. The highest BCUT2D eigenvalue weighted by molar-refractivity contribution is 5.81. The molecule has 1 fully saturated rings. The van der Waals surface area contributed by atoms with Gasteiger partial charge < -0.3 is 16.0 Å². The van der Waals surface area contributed by atoms with Crippen LogP contribution < -0.4 is 16.0 Å². The molecule has 0 radical (unpaired) electrons. The van der Waals surface area contributed by atoms with Crippen LogP contribution in [0.3, 0.4) is 0 Å². The Morgan fingerprint density at radius 1 is 1.47 bits per heavy atom. The van der Waals surface area contributed by atoms with Crippen LogP contribution >= 0.6 is 0 Å². The van der Waals surface area contributed by atoms with Gasteiger partial charge in [0.1, 0.15) is 0 Å². The predicted octanol–water partition coefficient (Wildman–Crippen LogP) is 0.299. The van der Waals surface area contributed by atoms with Gasteiger partial charge in [-0.15, -0.1) is 0 Å². The zero-order chi connectivity index (χ0) is 13.7. The first-order valence-electron chi connectivity index (χ1n) is 6.78. The van der Waals surface area contributed by atoms with Crippen molar-refractivity contribution in [1.29, 1.82) is 0 Å². The van der Waals surface area contributed by atoms with Crippen LogP contribution in [-0.4, -0.2) is 41.0 Å². The van der Waals surface area contributed by atoms with Crippen LogP contribution in [0.4, 0.5) is 5.95 Å². The third-order valence-corrected chi connectivity index (χ3v) is 3.45. The second-order valence-corrected chi connectivity index (χ2v) is 4.83. The molecule has 1 amide bonds. The van der Waals surface area contributed by atoms with E-state index in [1.54, 1.807) is 12.4 Å². The lowest BCUT2D eigenvalue weighted by Crippen LogP contribution is -2.49. The molecule has 1 saturated heterocycles. The number of carbonyl (C=O) groups excluding carboxylic acids is 1. The van der Waals surface area contributed by atoms with Gasteiger partial charge in [-0.3, -0.25) is 4.79 Å². The van der Waals surface area contributed by atoms with Crippen LogP contribution in [0.1, 0.15) is 26.2 Å². The molecule has 0 aromatic carbocycles. The molecule has 3 N–H and O–H groups in total. The summed E-state index contributed by atoms with van der Waals surface area (Å²) in [5, 5.41) is 3.01. The second kappa shape index (κ2) is 6.47. The molecule has 2 heterocycles. The fourth-order valence-electron chi connectivity index (χ4n) is 2.17. The van der Waals surface area contributed by atoms with Gasteiger partial charge >= 0.3 is 0 Å². The van der Waals surface area contributed by atoms with Gasteiger partial charge in [0, 0.05) is 31.5 Å². The highest BCUT2D eigenvalue weighted by atomic mass is 16.2. The van der Waals surface area contributed by atoms with Crippen LogP contribution in [0.15, 0.2) is 18.5 Å². The molecule has 1 atom stereocenters. The van der Waals surface area contributed by atoms with Crippen molar-refractivity contribution in [3.8, 4) is 0 Å². The lowest BCUT2D eigenvalue weighted by Gasteiger charge is -2.32. The topological polar surface area (TPSA) is 84.1 Å². The number of rotatable bonds is 4. The second-order valence-electron chi connectivity index (χ2n) is 4.83. The molecule has 0 aliphatic carbocycles.